The minimum Gasteiger partial charge on any atom is -0.393 e. The summed E-state index contributed by atoms with van der Waals surface area (Å²) < 4.78 is 0. The van der Waals surface area contributed by atoms with Crippen LogP contribution in [-0.4, -0.2) is 48.0 Å². The fourth-order valence-corrected chi connectivity index (χ4v) is 1.70. The minimum atomic E-state index is -0.504. The van der Waals surface area contributed by atoms with Crippen LogP contribution < -0.4 is 16.4 Å². The maximum atomic E-state index is 11.9. The highest BCUT2D eigenvalue weighted by molar-refractivity contribution is 7.80. The first kappa shape index (κ1) is 17.8. The number of hydrogen-bond acceptors (Lipinski definition) is 4. The molecule has 19 heavy (non-hydrogen) atoms. The van der Waals surface area contributed by atoms with Gasteiger partial charge in [0.25, 0.3) is 0 Å². The third-order valence-corrected chi connectivity index (χ3v) is 2.84. The number of carbonyl (C=O) groups excluding carboxylic acids is 2. The van der Waals surface area contributed by atoms with Gasteiger partial charge < -0.3 is 11.1 Å². The van der Waals surface area contributed by atoms with E-state index in [9.17, 15) is 9.59 Å². The van der Waals surface area contributed by atoms with E-state index in [4.69, 9.17) is 18.0 Å². The van der Waals surface area contributed by atoms with Crippen molar-refractivity contribution in [3.05, 3.63) is 0 Å². The molecule has 0 aliphatic heterocycles. The zero-order valence-electron chi connectivity index (χ0n) is 12.0. The van der Waals surface area contributed by atoms with Crippen LogP contribution in [0.4, 0.5) is 4.79 Å². The molecule has 0 fully saturated rings. The van der Waals surface area contributed by atoms with E-state index in [0.29, 0.717) is 23.9 Å². The van der Waals surface area contributed by atoms with Crippen molar-refractivity contribution in [2.75, 3.05) is 20.1 Å². The summed E-state index contributed by atoms with van der Waals surface area (Å²) in [4.78, 5) is 25.4. The third-order valence-electron chi connectivity index (χ3n) is 2.64. The number of carbonyl (C=O) groups is 2. The molecule has 0 aromatic carbocycles. The SMILES string of the molecule is CNC(=O)NC(=O)C(C)N(CCC(N)=S)CC(C)C. The molecule has 0 aromatic heterocycles. The fraction of sp³-hybridized carbons (Fsp3) is 0.750. The van der Waals surface area contributed by atoms with Gasteiger partial charge in [0, 0.05) is 26.6 Å². The van der Waals surface area contributed by atoms with E-state index < -0.39 is 12.1 Å². The molecule has 0 bridgehead atoms. The molecule has 0 aliphatic carbocycles. The van der Waals surface area contributed by atoms with Gasteiger partial charge in [-0.05, 0) is 12.8 Å². The van der Waals surface area contributed by atoms with Crippen LogP contribution in [0.15, 0.2) is 0 Å². The Hall–Kier alpha value is -1.21. The standard InChI is InChI=1S/C12H24N4O2S/c1-8(2)7-16(6-5-10(13)19)9(3)11(17)15-12(18)14-4/h8-9H,5-7H2,1-4H3,(H2,13,19)(H2,14,15,17,18). The Kier molecular flexibility index (Phi) is 8.26. The summed E-state index contributed by atoms with van der Waals surface area (Å²) in [5.74, 6) is 0.0736. The summed E-state index contributed by atoms with van der Waals surface area (Å²) in [6, 6.07) is -0.912. The topological polar surface area (TPSA) is 87.5 Å². The molecule has 6 nitrogen and oxygen atoms in total. The lowest BCUT2D eigenvalue weighted by atomic mass is 10.1. The van der Waals surface area contributed by atoms with Gasteiger partial charge in [0.05, 0.1) is 11.0 Å². The van der Waals surface area contributed by atoms with Crippen molar-refractivity contribution in [2.24, 2.45) is 11.7 Å². The number of imide groups is 1. The summed E-state index contributed by atoms with van der Waals surface area (Å²) >= 11 is 4.85. The molecule has 7 heteroatoms. The van der Waals surface area contributed by atoms with Crippen LogP contribution >= 0.6 is 12.2 Å². The molecule has 0 saturated carbocycles. The van der Waals surface area contributed by atoms with Crippen LogP contribution in [0, 0.1) is 5.92 Å². The quantitative estimate of drug-likeness (QED) is 0.593. The van der Waals surface area contributed by atoms with Crippen molar-refractivity contribution < 1.29 is 9.59 Å². The Labute approximate surface area is 120 Å². The average molecular weight is 288 g/mol. The zero-order valence-corrected chi connectivity index (χ0v) is 12.8. The molecule has 0 spiro atoms. The van der Waals surface area contributed by atoms with E-state index in [0.717, 1.165) is 6.54 Å². The highest BCUT2D eigenvalue weighted by Crippen LogP contribution is 2.06. The zero-order chi connectivity index (χ0) is 15.0. The second-order valence-electron chi connectivity index (χ2n) is 4.85. The average Bonchev–Trinajstić information content (AvgIpc) is 2.32. The first-order chi connectivity index (χ1) is 8.77. The number of nitrogens with one attached hydrogen (secondary N) is 2. The number of hydrogen-bond donors (Lipinski definition) is 3. The van der Waals surface area contributed by atoms with Gasteiger partial charge in [-0.2, -0.15) is 0 Å². The van der Waals surface area contributed by atoms with E-state index in [2.05, 4.69) is 24.5 Å². The molecular weight excluding hydrogens is 264 g/mol. The fourth-order valence-electron chi connectivity index (χ4n) is 1.61. The Bertz CT molecular complexity index is 334. The van der Waals surface area contributed by atoms with E-state index >= 15 is 0 Å². The maximum Gasteiger partial charge on any atom is 0.321 e. The molecule has 0 radical (unpaired) electrons. The molecule has 1 atom stereocenters. The minimum absolute atomic E-state index is 0.331. The van der Waals surface area contributed by atoms with Crippen LogP contribution in [0.25, 0.3) is 0 Å². The monoisotopic (exact) mass is 288 g/mol. The van der Waals surface area contributed by atoms with Gasteiger partial charge in [0.1, 0.15) is 0 Å². The summed E-state index contributed by atoms with van der Waals surface area (Å²) in [5, 5.41) is 4.63. The Balaban J connectivity index is 4.58. The number of nitrogens with zero attached hydrogens (tertiary/aromatic N) is 1. The smallest absolute Gasteiger partial charge is 0.321 e. The predicted molar refractivity (Wildman–Crippen MR) is 79.9 cm³/mol. The van der Waals surface area contributed by atoms with Crippen molar-refractivity contribution in [2.45, 2.75) is 33.2 Å². The van der Waals surface area contributed by atoms with E-state index in [-0.39, 0.29) is 5.91 Å². The molecule has 4 N–H and O–H groups in total. The number of nitrogens with two attached hydrogens (primary N) is 1. The Morgan fingerprint density at radius 3 is 2.32 bits per heavy atom. The molecule has 0 aliphatic rings. The third kappa shape index (κ3) is 7.74. The van der Waals surface area contributed by atoms with Gasteiger partial charge >= 0.3 is 6.03 Å². The highest BCUT2D eigenvalue weighted by Gasteiger charge is 2.23. The first-order valence-corrected chi connectivity index (χ1v) is 6.73. The van der Waals surface area contributed by atoms with E-state index in [1.165, 1.54) is 7.05 Å². The highest BCUT2D eigenvalue weighted by atomic mass is 32.1. The van der Waals surface area contributed by atoms with Crippen LogP contribution in [0.1, 0.15) is 27.2 Å². The second kappa shape index (κ2) is 8.82. The summed E-state index contributed by atoms with van der Waals surface area (Å²) in [7, 11) is 1.46. The molecular formula is C12H24N4O2S. The summed E-state index contributed by atoms with van der Waals surface area (Å²) in [6.07, 6.45) is 0.555. The lowest BCUT2D eigenvalue weighted by Gasteiger charge is -2.29. The second-order valence-corrected chi connectivity index (χ2v) is 5.37. The normalized spacial score (nSPS) is 12.3. The van der Waals surface area contributed by atoms with Gasteiger partial charge in [-0.1, -0.05) is 26.1 Å². The van der Waals surface area contributed by atoms with Gasteiger partial charge in [0.2, 0.25) is 5.91 Å². The van der Waals surface area contributed by atoms with Gasteiger partial charge in [-0.3, -0.25) is 15.0 Å². The first-order valence-electron chi connectivity index (χ1n) is 6.32. The Morgan fingerprint density at radius 1 is 1.32 bits per heavy atom. The lowest BCUT2D eigenvalue weighted by Crippen LogP contribution is -2.50. The van der Waals surface area contributed by atoms with Gasteiger partial charge in [-0.15, -0.1) is 0 Å². The maximum absolute atomic E-state index is 11.9. The molecule has 3 amide bonds. The molecule has 0 saturated heterocycles. The van der Waals surface area contributed by atoms with Crippen molar-refractivity contribution in [1.29, 1.82) is 0 Å². The number of amides is 3. The van der Waals surface area contributed by atoms with Crippen LogP contribution in [0.2, 0.25) is 0 Å². The van der Waals surface area contributed by atoms with Crippen LogP contribution in [0.5, 0.6) is 0 Å². The van der Waals surface area contributed by atoms with Crippen molar-refractivity contribution >= 4 is 29.1 Å². The van der Waals surface area contributed by atoms with E-state index in [1.54, 1.807) is 6.92 Å². The van der Waals surface area contributed by atoms with Gasteiger partial charge in [-0.25, -0.2) is 4.79 Å². The Morgan fingerprint density at radius 2 is 1.89 bits per heavy atom. The number of rotatable bonds is 7. The number of thiocarbonyl (C=S) groups is 1. The predicted octanol–water partition coefficient (Wildman–Crippen LogP) is 0.465. The molecule has 0 heterocycles. The summed E-state index contributed by atoms with van der Waals surface area (Å²) in [5.41, 5.74) is 5.49. The van der Waals surface area contributed by atoms with Crippen LogP contribution in [-0.2, 0) is 4.79 Å². The lowest BCUT2D eigenvalue weighted by molar-refractivity contribution is -0.124. The molecule has 0 rings (SSSR count). The van der Waals surface area contributed by atoms with Crippen LogP contribution in [0.3, 0.4) is 0 Å². The molecule has 1 unspecified atom stereocenters. The van der Waals surface area contributed by atoms with Gasteiger partial charge in [0.15, 0.2) is 0 Å². The summed E-state index contributed by atoms with van der Waals surface area (Å²) in [6.45, 7) is 7.25. The molecule has 110 valence electrons. The van der Waals surface area contributed by atoms with Crippen molar-refractivity contribution in [3.63, 3.8) is 0 Å². The van der Waals surface area contributed by atoms with Crippen molar-refractivity contribution in [1.82, 2.24) is 15.5 Å². The molecule has 0 aromatic rings. The largest absolute Gasteiger partial charge is 0.393 e. The van der Waals surface area contributed by atoms with E-state index in [1.807, 2.05) is 4.90 Å². The number of urea groups is 1. The van der Waals surface area contributed by atoms with Crippen molar-refractivity contribution in [3.8, 4) is 0 Å².